The van der Waals surface area contributed by atoms with Crippen LogP contribution in [-0.4, -0.2) is 21.4 Å². The fraction of sp³-hybridized carbons (Fsp3) is 0.278. The number of hydrogen-bond donors (Lipinski definition) is 2. The maximum atomic E-state index is 11.9. The van der Waals surface area contributed by atoms with E-state index in [0.717, 1.165) is 11.1 Å². The molecule has 2 N–H and O–H groups in total. The lowest BCUT2D eigenvalue weighted by Crippen LogP contribution is -2.23. The molecule has 0 atom stereocenters. The minimum absolute atomic E-state index is 0.0400. The van der Waals surface area contributed by atoms with Gasteiger partial charge in [-0.3, -0.25) is 4.79 Å². The SMILES string of the molecule is CNS(=O)(=O)Cc1ccc(CNC(=O)CCc2cccc(Cl)c2)cc1. The van der Waals surface area contributed by atoms with Crippen molar-refractivity contribution < 1.29 is 13.2 Å². The second-order valence-corrected chi connectivity index (χ2v) is 8.05. The van der Waals surface area contributed by atoms with E-state index >= 15 is 0 Å². The number of aryl methyl sites for hydroxylation is 1. The standard InChI is InChI=1S/C18H21ClN2O3S/c1-20-25(23,24)13-16-7-5-15(6-8-16)12-21-18(22)10-9-14-3-2-4-17(19)11-14/h2-8,11,20H,9-10,12-13H2,1H3,(H,21,22). The molecule has 0 spiro atoms. The lowest BCUT2D eigenvalue weighted by atomic mass is 10.1. The third-order valence-electron chi connectivity index (χ3n) is 3.71. The molecule has 0 saturated carbocycles. The van der Waals surface area contributed by atoms with Gasteiger partial charge in [0.15, 0.2) is 0 Å². The van der Waals surface area contributed by atoms with Crippen molar-refractivity contribution in [3.8, 4) is 0 Å². The van der Waals surface area contributed by atoms with Gasteiger partial charge in [0.1, 0.15) is 0 Å². The maximum Gasteiger partial charge on any atom is 0.220 e. The first-order chi connectivity index (χ1) is 11.9. The van der Waals surface area contributed by atoms with E-state index in [0.29, 0.717) is 30.0 Å². The number of hydrogen-bond acceptors (Lipinski definition) is 3. The highest BCUT2D eigenvalue weighted by atomic mass is 35.5. The molecule has 0 saturated heterocycles. The highest BCUT2D eigenvalue weighted by Crippen LogP contribution is 2.12. The molecule has 0 aliphatic heterocycles. The molecule has 0 fully saturated rings. The van der Waals surface area contributed by atoms with Crippen LogP contribution >= 0.6 is 11.6 Å². The zero-order chi connectivity index (χ0) is 18.3. The van der Waals surface area contributed by atoms with Crippen LogP contribution in [0.5, 0.6) is 0 Å². The minimum Gasteiger partial charge on any atom is -0.352 e. The maximum absolute atomic E-state index is 11.9. The van der Waals surface area contributed by atoms with E-state index in [9.17, 15) is 13.2 Å². The molecule has 1 amide bonds. The van der Waals surface area contributed by atoms with Crippen LogP contribution in [0.25, 0.3) is 0 Å². The number of nitrogens with one attached hydrogen (secondary N) is 2. The molecule has 7 heteroatoms. The van der Waals surface area contributed by atoms with Crippen LogP contribution in [0.1, 0.15) is 23.1 Å². The summed E-state index contributed by atoms with van der Waals surface area (Å²) in [6.45, 7) is 0.410. The average molecular weight is 381 g/mol. The van der Waals surface area contributed by atoms with Gasteiger partial charge in [-0.05, 0) is 42.3 Å². The molecule has 0 unspecified atom stereocenters. The molecule has 2 aromatic rings. The largest absolute Gasteiger partial charge is 0.352 e. The Morgan fingerprint density at radius 2 is 1.72 bits per heavy atom. The molecular formula is C18H21ClN2O3S. The lowest BCUT2D eigenvalue weighted by molar-refractivity contribution is -0.121. The summed E-state index contributed by atoms with van der Waals surface area (Å²) >= 11 is 5.92. The Kier molecular flexibility index (Phi) is 6.99. The van der Waals surface area contributed by atoms with Crippen molar-refractivity contribution in [1.82, 2.24) is 10.0 Å². The van der Waals surface area contributed by atoms with Crippen molar-refractivity contribution in [2.75, 3.05) is 7.05 Å². The van der Waals surface area contributed by atoms with E-state index in [1.807, 2.05) is 30.3 Å². The number of benzene rings is 2. The molecule has 134 valence electrons. The predicted molar refractivity (Wildman–Crippen MR) is 99.7 cm³/mol. The summed E-state index contributed by atoms with van der Waals surface area (Å²) in [7, 11) is -1.89. The quantitative estimate of drug-likeness (QED) is 0.739. The molecule has 2 rings (SSSR count). The Bertz CT molecular complexity index is 820. The van der Waals surface area contributed by atoms with Crippen molar-refractivity contribution in [1.29, 1.82) is 0 Å². The van der Waals surface area contributed by atoms with E-state index < -0.39 is 10.0 Å². The fourth-order valence-corrected chi connectivity index (χ4v) is 3.27. The van der Waals surface area contributed by atoms with Crippen molar-refractivity contribution >= 4 is 27.5 Å². The monoisotopic (exact) mass is 380 g/mol. The Morgan fingerprint density at radius 3 is 2.36 bits per heavy atom. The Labute approximate surface area is 153 Å². The van der Waals surface area contributed by atoms with Crippen LogP contribution in [0.4, 0.5) is 0 Å². The Hall–Kier alpha value is -1.89. The van der Waals surface area contributed by atoms with Crippen molar-refractivity contribution in [3.05, 3.63) is 70.2 Å². The van der Waals surface area contributed by atoms with Crippen LogP contribution in [0, 0.1) is 0 Å². The van der Waals surface area contributed by atoms with E-state index in [4.69, 9.17) is 11.6 Å². The Balaban J connectivity index is 1.79. The smallest absolute Gasteiger partial charge is 0.220 e. The van der Waals surface area contributed by atoms with Crippen LogP contribution in [0.3, 0.4) is 0 Å². The van der Waals surface area contributed by atoms with Gasteiger partial charge in [-0.25, -0.2) is 13.1 Å². The molecule has 25 heavy (non-hydrogen) atoms. The summed E-state index contributed by atoms with van der Waals surface area (Å²) in [5, 5.41) is 3.53. The van der Waals surface area contributed by atoms with Crippen LogP contribution in [-0.2, 0) is 33.5 Å². The van der Waals surface area contributed by atoms with E-state index in [1.54, 1.807) is 18.2 Å². The number of amides is 1. The fourth-order valence-electron chi connectivity index (χ4n) is 2.28. The third-order valence-corrected chi connectivity index (χ3v) is 5.28. The first-order valence-corrected chi connectivity index (χ1v) is 9.91. The number of sulfonamides is 1. The summed E-state index contributed by atoms with van der Waals surface area (Å²) in [6.07, 6.45) is 1.02. The van der Waals surface area contributed by atoms with Gasteiger partial charge < -0.3 is 5.32 Å². The van der Waals surface area contributed by atoms with Crippen LogP contribution in [0.15, 0.2) is 48.5 Å². The second kappa shape index (κ2) is 8.99. The molecule has 0 aliphatic carbocycles. The van der Waals surface area contributed by atoms with Crippen molar-refractivity contribution in [3.63, 3.8) is 0 Å². The molecule has 0 aromatic heterocycles. The van der Waals surface area contributed by atoms with Gasteiger partial charge in [0.2, 0.25) is 15.9 Å². The molecule has 0 heterocycles. The normalized spacial score (nSPS) is 11.3. The summed E-state index contributed by atoms with van der Waals surface area (Å²) in [4.78, 5) is 11.9. The lowest BCUT2D eigenvalue weighted by Gasteiger charge is -2.07. The summed E-state index contributed by atoms with van der Waals surface area (Å²) < 4.78 is 25.3. The third kappa shape index (κ3) is 6.86. The summed E-state index contributed by atoms with van der Waals surface area (Å²) in [6, 6.07) is 14.6. The van der Waals surface area contributed by atoms with Crippen molar-refractivity contribution in [2.24, 2.45) is 0 Å². The first-order valence-electron chi connectivity index (χ1n) is 7.88. The van der Waals surface area contributed by atoms with Gasteiger partial charge in [-0.1, -0.05) is 48.0 Å². The Morgan fingerprint density at radius 1 is 1.04 bits per heavy atom. The zero-order valence-corrected chi connectivity index (χ0v) is 15.5. The summed E-state index contributed by atoms with van der Waals surface area (Å²) in [5.74, 6) is -0.0997. The molecular weight excluding hydrogens is 360 g/mol. The van der Waals surface area contributed by atoms with Crippen LogP contribution < -0.4 is 10.0 Å². The highest BCUT2D eigenvalue weighted by molar-refractivity contribution is 7.88. The van der Waals surface area contributed by atoms with Gasteiger partial charge in [0.05, 0.1) is 5.75 Å². The minimum atomic E-state index is -3.28. The molecule has 5 nitrogen and oxygen atoms in total. The number of carbonyl (C=O) groups is 1. The second-order valence-electron chi connectivity index (χ2n) is 5.69. The molecule has 0 aliphatic rings. The van der Waals surface area contributed by atoms with Gasteiger partial charge in [0, 0.05) is 18.0 Å². The average Bonchev–Trinajstić information content (AvgIpc) is 2.59. The zero-order valence-electron chi connectivity index (χ0n) is 14.0. The van der Waals surface area contributed by atoms with Crippen molar-refractivity contribution in [2.45, 2.75) is 25.1 Å². The molecule has 2 aromatic carbocycles. The topological polar surface area (TPSA) is 75.3 Å². The highest BCUT2D eigenvalue weighted by Gasteiger charge is 2.08. The molecule has 0 bridgehead atoms. The van der Waals surface area contributed by atoms with Gasteiger partial charge in [-0.15, -0.1) is 0 Å². The van der Waals surface area contributed by atoms with E-state index in [1.165, 1.54) is 7.05 Å². The van der Waals surface area contributed by atoms with E-state index in [2.05, 4.69) is 10.0 Å². The van der Waals surface area contributed by atoms with Gasteiger partial charge >= 0.3 is 0 Å². The number of rotatable bonds is 8. The van der Waals surface area contributed by atoms with Gasteiger partial charge in [0.25, 0.3) is 0 Å². The molecule has 0 radical (unpaired) electrons. The van der Waals surface area contributed by atoms with Crippen LogP contribution in [0.2, 0.25) is 5.02 Å². The summed E-state index contributed by atoms with van der Waals surface area (Å²) in [5.41, 5.74) is 2.64. The number of halogens is 1. The van der Waals surface area contributed by atoms with E-state index in [-0.39, 0.29) is 11.7 Å². The predicted octanol–water partition coefficient (Wildman–Crippen LogP) is 2.64. The number of carbonyl (C=O) groups excluding carboxylic acids is 1. The first kappa shape index (κ1) is 19.4. The van der Waals surface area contributed by atoms with Gasteiger partial charge in [-0.2, -0.15) is 0 Å².